The van der Waals surface area contributed by atoms with Crippen molar-refractivity contribution in [3.63, 3.8) is 0 Å². The van der Waals surface area contributed by atoms with Crippen LogP contribution in [0.3, 0.4) is 0 Å². The first-order chi connectivity index (χ1) is 16.0. The van der Waals surface area contributed by atoms with Gasteiger partial charge in [-0.3, -0.25) is 4.79 Å². The zero-order chi connectivity index (χ0) is 23.0. The van der Waals surface area contributed by atoms with E-state index >= 15 is 0 Å². The Morgan fingerprint density at radius 1 is 0.970 bits per heavy atom. The third-order valence-electron chi connectivity index (χ3n) is 7.53. The lowest BCUT2D eigenvalue weighted by atomic mass is 9.63. The lowest BCUT2D eigenvalue weighted by Crippen LogP contribution is -2.56. The van der Waals surface area contributed by atoms with Gasteiger partial charge in [-0.25, -0.2) is 4.79 Å². The molecule has 4 nitrogen and oxygen atoms in total. The number of fused-ring (bicyclic) bond motifs is 3. The Kier molecular flexibility index (Phi) is 5.53. The first-order valence-electron chi connectivity index (χ1n) is 11.7. The van der Waals surface area contributed by atoms with E-state index in [4.69, 9.17) is 4.74 Å². The molecule has 1 heterocycles. The number of nitrogens with zero attached hydrogens (tertiary/aromatic N) is 1. The fourth-order valence-corrected chi connectivity index (χ4v) is 5.67. The summed E-state index contributed by atoms with van der Waals surface area (Å²) < 4.78 is 6.07. The Hall–Kier alpha value is -3.40. The minimum Gasteiger partial charge on any atom is -0.449 e. The number of benzene rings is 3. The molecule has 3 aromatic rings. The molecule has 1 fully saturated rings. The zero-order valence-electron chi connectivity index (χ0n) is 19.2. The second kappa shape index (κ2) is 8.51. The summed E-state index contributed by atoms with van der Waals surface area (Å²) in [5.41, 5.74) is 4.85. The fraction of sp³-hybridized carbons (Fsp3) is 0.310. The van der Waals surface area contributed by atoms with Crippen molar-refractivity contribution >= 4 is 11.9 Å². The van der Waals surface area contributed by atoms with Gasteiger partial charge in [0.15, 0.2) is 6.10 Å². The number of carbonyl (C=O) groups is 2. The van der Waals surface area contributed by atoms with E-state index in [9.17, 15) is 9.59 Å². The minimum atomic E-state index is -0.462. The number of piperidine rings is 1. The number of likely N-dealkylation sites (N-methyl/N-ethyl adjacent to an activating group) is 1. The molecule has 0 aromatic heterocycles. The predicted molar refractivity (Wildman–Crippen MR) is 128 cm³/mol. The Balaban J connectivity index is 1.44. The molecule has 5 rings (SSSR count). The fourth-order valence-electron chi connectivity index (χ4n) is 5.67. The van der Waals surface area contributed by atoms with Crippen LogP contribution >= 0.6 is 0 Å². The van der Waals surface area contributed by atoms with E-state index in [0.717, 1.165) is 30.4 Å². The van der Waals surface area contributed by atoms with Crippen molar-refractivity contribution in [2.45, 2.75) is 50.2 Å². The number of hydrogen-bond acceptors (Lipinski definition) is 3. The van der Waals surface area contributed by atoms with Gasteiger partial charge >= 0.3 is 5.97 Å². The number of likely N-dealkylation sites (tertiary alicyclic amines) is 1. The molecule has 1 saturated heterocycles. The molecule has 2 aliphatic rings. The van der Waals surface area contributed by atoms with Crippen molar-refractivity contribution in [3.8, 4) is 0 Å². The van der Waals surface area contributed by atoms with Gasteiger partial charge in [0.05, 0.1) is 5.56 Å². The van der Waals surface area contributed by atoms with E-state index in [2.05, 4.69) is 13.0 Å². The molecule has 0 N–H and O–H groups in total. The molecule has 1 amide bonds. The first kappa shape index (κ1) is 21.4. The van der Waals surface area contributed by atoms with Gasteiger partial charge in [-0.1, -0.05) is 73.7 Å². The summed E-state index contributed by atoms with van der Waals surface area (Å²) in [6, 6.07) is 25.9. The highest BCUT2D eigenvalue weighted by Gasteiger charge is 2.46. The van der Waals surface area contributed by atoms with E-state index in [0.29, 0.717) is 12.0 Å². The maximum absolute atomic E-state index is 13.3. The highest BCUT2D eigenvalue weighted by molar-refractivity contribution is 5.90. The standard InChI is InChI=1S/C29H29NO3/c1-29-18-17-26(31)30(2)25(29)16-14-22-19-23(13-15-24(22)29)28(32)33-27(20-9-5-3-6-10-20)21-11-7-4-8-12-21/h3-13,15,19,25,27H,14,16-18H2,1-2H3/t25-,29-/m1/s1. The van der Waals surface area contributed by atoms with Crippen molar-refractivity contribution < 1.29 is 14.3 Å². The quantitative estimate of drug-likeness (QED) is 0.507. The predicted octanol–water partition coefficient (Wildman–Crippen LogP) is 5.46. The van der Waals surface area contributed by atoms with Gasteiger partial charge in [0, 0.05) is 24.9 Å². The van der Waals surface area contributed by atoms with E-state index < -0.39 is 6.10 Å². The lowest BCUT2D eigenvalue weighted by Gasteiger charge is -2.50. The molecule has 0 spiro atoms. The summed E-state index contributed by atoms with van der Waals surface area (Å²) in [7, 11) is 1.93. The summed E-state index contributed by atoms with van der Waals surface area (Å²) in [5.74, 6) is -0.0901. The highest BCUT2D eigenvalue weighted by Crippen LogP contribution is 2.45. The molecule has 2 atom stereocenters. The number of esters is 1. The van der Waals surface area contributed by atoms with Gasteiger partial charge in [-0.05, 0) is 53.6 Å². The van der Waals surface area contributed by atoms with Gasteiger partial charge in [0.1, 0.15) is 0 Å². The highest BCUT2D eigenvalue weighted by atomic mass is 16.5. The van der Waals surface area contributed by atoms with Crippen molar-refractivity contribution in [2.75, 3.05) is 7.05 Å². The molecule has 0 bridgehead atoms. The van der Waals surface area contributed by atoms with Crippen LogP contribution in [0.2, 0.25) is 0 Å². The van der Waals surface area contributed by atoms with Crippen molar-refractivity contribution in [2.24, 2.45) is 0 Å². The Morgan fingerprint density at radius 3 is 2.24 bits per heavy atom. The van der Waals surface area contributed by atoms with Crippen LogP contribution in [0.4, 0.5) is 0 Å². The molecule has 0 radical (unpaired) electrons. The van der Waals surface area contributed by atoms with E-state index in [1.807, 2.05) is 84.7 Å². The van der Waals surface area contributed by atoms with Gasteiger partial charge in [0.25, 0.3) is 0 Å². The Labute approximate surface area is 195 Å². The number of aryl methyl sites for hydroxylation is 1. The van der Waals surface area contributed by atoms with Crippen LogP contribution in [0.1, 0.15) is 64.9 Å². The van der Waals surface area contributed by atoms with Gasteiger partial charge in [-0.15, -0.1) is 0 Å². The number of carbonyl (C=O) groups excluding carboxylic acids is 2. The molecule has 0 unspecified atom stereocenters. The third-order valence-corrected chi connectivity index (χ3v) is 7.53. The van der Waals surface area contributed by atoms with Gasteiger partial charge < -0.3 is 9.64 Å². The van der Waals surface area contributed by atoms with Crippen molar-refractivity contribution in [1.82, 2.24) is 4.90 Å². The smallest absolute Gasteiger partial charge is 0.339 e. The molecule has 0 saturated carbocycles. The summed E-state index contributed by atoms with van der Waals surface area (Å²) in [6.07, 6.45) is 2.73. The summed E-state index contributed by atoms with van der Waals surface area (Å²) >= 11 is 0. The van der Waals surface area contributed by atoms with Crippen LogP contribution < -0.4 is 0 Å². The van der Waals surface area contributed by atoms with Crippen LogP contribution in [0.5, 0.6) is 0 Å². The van der Waals surface area contributed by atoms with E-state index in [1.54, 1.807) is 0 Å². The molecule has 1 aliphatic heterocycles. The molecular weight excluding hydrogens is 410 g/mol. The second-order valence-corrected chi connectivity index (χ2v) is 9.46. The largest absolute Gasteiger partial charge is 0.449 e. The molecule has 3 aromatic carbocycles. The molecule has 4 heteroatoms. The summed E-state index contributed by atoms with van der Waals surface area (Å²) in [5, 5.41) is 0. The Bertz CT molecular complexity index is 1130. The number of ether oxygens (including phenoxy) is 1. The minimum absolute atomic E-state index is 0.0741. The monoisotopic (exact) mass is 439 g/mol. The van der Waals surface area contributed by atoms with E-state index in [-0.39, 0.29) is 23.3 Å². The Morgan fingerprint density at radius 2 is 1.61 bits per heavy atom. The van der Waals surface area contributed by atoms with Crippen LogP contribution in [0.15, 0.2) is 78.9 Å². The van der Waals surface area contributed by atoms with Crippen LogP contribution in [-0.4, -0.2) is 29.9 Å². The SMILES string of the molecule is CN1C(=O)CC[C@]2(C)c3ccc(C(=O)OC(c4ccccc4)c4ccccc4)cc3CC[C@@H]12. The maximum Gasteiger partial charge on any atom is 0.339 e. The third kappa shape index (κ3) is 3.84. The van der Waals surface area contributed by atoms with Crippen molar-refractivity contribution in [3.05, 3.63) is 107 Å². The lowest BCUT2D eigenvalue weighted by molar-refractivity contribution is -0.138. The van der Waals surface area contributed by atoms with Crippen LogP contribution in [-0.2, 0) is 21.4 Å². The average molecular weight is 440 g/mol. The van der Waals surface area contributed by atoms with Crippen LogP contribution in [0, 0.1) is 0 Å². The number of hydrogen-bond donors (Lipinski definition) is 0. The molecule has 33 heavy (non-hydrogen) atoms. The maximum atomic E-state index is 13.3. The number of amides is 1. The van der Waals surface area contributed by atoms with Gasteiger partial charge in [-0.2, -0.15) is 0 Å². The zero-order valence-corrected chi connectivity index (χ0v) is 19.2. The molecule has 1 aliphatic carbocycles. The summed E-state index contributed by atoms with van der Waals surface area (Å²) in [6.45, 7) is 2.26. The van der Waals surface area contributed by atoms with Crippen LogP contribution in [0.25, 0.3) is 0 Å². The summed E-state index contributed by atoms with van der Waals surface area (Å²) in [4.78, 5) is 27.4. The topological polar surface area (TPSA) is 46.6 Å². The second-order valence-electron chi connectivity index (χ2n) is 9.46. The number of rotatable bonds is 4. The molecule has 168 valence electrons. The normalized spacial score (nSPS) is 22.0. The van der Waals surface area contributed by atoms with Gasteiger partial charge in [0.2, 0.25) is 5.91 Å². The van der Waals surface area contributed by atoms with Crippen molar-refractivity contribution in [1.29, 1.82) is 0 Å². The first-order valence-corrected chi connectivity index (χ1v) is 11.7. The molecular formula is C29H29NO3. The average Bonchev–Trinajstić information content (AvgIpc) is 2.85. The van der Waals surface area contributed by atoms with E-state index in [1.165, 1.54) is 11.1 Å².